The van der Waals surface area contributed by atoms with Crippen LogP contribution in [0.15, 0.2) is 71.7 Å². The molecule has 4 aromatic rings. The van der Waals surface area contributed by atoms with Crippen molar-refractivity contribution in [3.8, 4) is 5.75 Å². The van der Waals surface area contributed by atoms with Gasteiger partial charge in [-0.05, 0) is 61.0 Å². The highest BCUT2D eigenvalue weighted by Gasteiger charge is 2.60. The molecule has 0 saturated heterocycles. The molecule has 0 saturated carbocycles. The summed E-state index contributed by atoms with van der Waals surface area (Å²) in [6.07, 6.45) is 6.96. The molecule has 3 heteroatoms. The van der Waals surface area contributed by atoms with Crippen LogP contribution in [0.25, 0.3) is 21.5 Å². The van der Waals surface area contributed by atoms with Crippen molar-refractivity contribution in [1.29, 1.82) is 0 Å². The van der Waals surface area contributed by atoms with Gasteiger partial charge in [0.2, 0.25) is 5.72 Å². The van der Waals surface area contributed by atoms with E-state index in [4.69, 9.17) is 9.73 Å². The highest BCUT2D eigenvalue weighted by atomic mass is 16.5. The van der Waals surface area contributed by atoms with E-state index in [1.807, 2.05) is 0 Å². The SMILES string of the molecule is CCCCCCN1c2ccc3ccccc3c2C(C)(C)C12C=Nc1c(ccc3cc(C)ccc13)O2. The van der Waals surface area contributed by atoms with Gasteiger partial charge >= 0.3 is 0 Å². The van der Waals surface area contributed by atoms with E-state index in [0.717, 1.165) is 29.8 Å². The Bertz CT molecular complexity index is 1470. The second-order valence-electron chi connectivity index (χ2n) is 10.7. The zero-order valence-corrected chi connectivity index (χ0v) is 21.3. The summed E-state index contributed by atoms with van der Waals surface area (Å²) < 4.78 is 7.11. The third-order valence-electron chi connectivity index (χ3n) is 8.10. The number of benzene rings is 4. The summed E-state index contributed by atoms with van der Waals surface area (Å²) in [5.74, 6) is 0.868. The highest BCUT2D eigenvalue weighted by Crippen LogP contribution is 2.56. The van der Waals surface area contributed by atoms with E-state index in [1.165, 1.54) is 52.2 Å². The number of rotatable bonds is 5. The van der Waals surface area contributed by atoms with E-state index in [2.05, 4.69) is 106 Å². The summed E-state index contributed by atoms with van der Waals surface area (Å²) in [6.45, 7) is 9.99. The average Bonchev–Trinajstić information content (AvgIpc) is 3.04. The zero-order valence-electron chi connectivity index (χ0n) is 21.3. The molecule has 1 atom stereocenters. The first-order valence-corrected chi connectivity index (χ1v) is 13.0. The quantitative estimate of drug-likeness (QED) is 0.278. The first-order chi connectivity index (χ1) is 17.0. The summed E-state index contributed by atoms with van der Waals surface area (Å²) >= 11 is 0. The fourth-order valence-electron chi connectivity index (χ4n) is 6.21. The van der Waals surface area contributed by atoms with E-state index >= 15 is 0 Å². The van der Waals surface area contributed by atoms with E-state index in [-0.39, 0.29) is 5.41 Å². The number of unbranched alkanes of at least 4 members (excludes halogenated alkanes) is 3. The van der Waals surface area contributed by atoms with Crippen LogP contribution in [0, 0.1) is 6.92 Å². The van der Waals surface area contributed by atoms with Gasteiger partial charge in [0.1, 0.15) is 11.4 Å². The zero-order chi connectivity index (χ0) is 24.2. The predicted molar refractivity (Wildman–Crippen MR) is 149 cm³/mol. The molecule has 1 unspecified atom stereocenters. The maximum Gasteiger partial charge on any atom is 0.228 e. The van der Waals surface area contributed by atoms with Gasteiger partial charge in [-0.15, -0.1) is 0 Å². The van der Waals surface area contributed by atoms with Crippen molar-refractivity contribution in [2.24, 2.45) is 4.99 Å². The van der Waals surface area contributed by atoms with Crippen LogP contribution in [0.3, 0.4) is 0 Å². The predicted octanol–water partition coefficient (Wildman–Crippen LogP) is 8.47. The summed E-state index contributed by atoms with van der Waals surface area (Å²) in [5, 5.41) is 4.93. The molecule has 2 aliphatic rings. The molecule has 0 radical (unpaired) electrons. The number of ether oxygens (including phenoxy) is 1. The average molecular weight is 463 g/mol. The molecule has 0 amide bonds. The Kier molecular flexibility index (Phi) is 5.14. The van der Waals surface area contributed by atoms with Gasteiger partial charge in [-0.25, -0.2) is 0 Å². The number of hydrogen-bond donors (Lipinski definition) is 0. The molecule has 0 aromatic heterocycles. The van der Waals surface area contributed by atoms with Crippen molar-refractivity contribution in [3.05, 3.63) is 77.9 Å². The maximum atomic E-state index is 7.11. The number of aryl methyl sites for hydroxylation is 1. The van der Waals surface area contributed by atoms with Crippen LogP contribution in [-0.4, -0.2) is 18.5 Å². The Morgan fingerprint density at radius 2 is 1.69 bits per heavy atom. The monoisotopic (exact) mass is 462 g/mol. The van der Waals surface area contributed by atoms with Crippen molar-refractivity contribution in [1.82, 2.24) is 0 Å². The Labute approximate surface area is 208 Å². The van der Waals surface area contributed by atoms with Crippen LogP contribution < -0.4 is 9.64 Å². The topological polar surface area (TPSA) is 24.8 Å². The van der Waals surface area contributed by atoms with Crippen molar-refractivity contribution in [3.63, 3.8) is 0 Å². The molecule has 2 aliphatic heterocycles. The van der Waals surface area contributed by atoms with Crippen LogP contribution in [-0.2, 0) is 5.41 Å². The van der Waals surface area contributed by atoms with Gasteiger partial charge in [0.05, 0.1) is 11.6 Å². The van der Waals surface area contributed by atoms with Crippen LogP contribution in [0.4, 0.5) is 11.4 Å². The Balaban J connectivity index is 1.52. The molecule has 0 aliphatic carbocycles. The van der Waals surface area contributed by atoms with Gasteiger partial charge in [0, 0.05) is 17.6 Å². The number of fused-ring (bicyclic) bond motifs is 6. The van der Waals surface area contributed by atoms with Crippen LogP contribution >= 0.6 is 0 Å². The summed E-state index contributed by atoms with van der Waals surface area (Å²) in [4.78, 5) is 7.64. The molecule has 1 spiro atoms. The molecular formula is C32H34N2O. The fraction of sp³-hybridized carbons (Fsp3) is 0.344. The van der Waals surface area contributed by atoms with E-state index in [1.54, 1.807) is 0 Å². The third-order valence-corrected chi connectivity index (χ3v) is 8.10. The van der Waals surface area contributed by atoms with Gasteiger partial charge in [0.25, 0.3) is 0 Å². The Morgan fingerprint density at radius 1 is 0.857 bits per heavy atom. The molecule has 178 valence electrons. The summed E-state index contributed by atoms with van der Waals surface area (Å²) in [5.41, 5.74) is 3.87. The lowest BCUT2D eigenvalue weighted by Gasteiger charge is -2.46. The Hall–Kier alpha value is -3.33. The normalized spacial score (nSPS) is 19.8. The summed E-state index contributed by atoms with van der Waals surface area (Å²) in [7, 11) is 0. The van der Waals surface area contributed by atoms with Crippen molar-refractivity contribution in [2.75, 3.05) is 11.4 Å². The molecule has 35 heavy (non-hydrogen) atoms. The molecular weight excluding hydrogens is 428 g/mol. The highest BCUT2D eigenvalue weighted by molar-refractivity contribution is 6.02. The molecule has 4 aromatic carbocycles. The van der Waals surface area contributed by atoms with Gasteiger partial charge in [0.15, 0.2) is 0 Å². The van der Waals surface area contributed by atoms with E-state index < -0.39 is 5.72 Å². The minimum Gasteiger partial charge on any atom is -0.459 e. The number of aliphatic imine (C=N–C) groups is 1. The number of nitrogens with zero attached hydrogens (tertiary/aromatic N) is 2. The largest absolute Gasteiger partial charge is 0.459 e. The molecule has 3 nitrogen and oxygen atoms in total. The van der Waals surface area contributed by atoms with Gasteiger partial charge in [-0.1, -0.05) is 86.3 Å². The van der Waals surface area contributed by atoms with Gasteiger partial charge in [-0.3, -0.25) is 4.99 Å². The minimum absolute atomic E-state index is 0.294. The minimum atomic E-state index is -0.670. The van der Waals surface area contributed by atoms with Crippen LogP contribution in [0.1, 0.15) is 57.6 Å². The molecule has 0 N–H and O–H groups in total. The molecule has 2 heterocycles. The van der Waals surface area contributed by atoms with Gasteiger partial charge in [-0.2, -0.15) is 0 Å². The second-order valence-corrected chi connectivity index (χ2v) is 10.7. The molecule has 0 bridgehead atoms. The van der Waals surface area contributed by atoms with Crippen LogP contribution in [0.2, 0.25) is 0 Å². The lowest BCUT2D eigenvalue weighted by atomic mass is 9.75. The van der Waals surface area contributed by atoms with E-state index in [9.17, 15) is 0 Å². The third kappa shape index (κ3) is 3.21. The van der Waals surface area contributed by atoms with Gasteiger partial charge < -0.3 is 9.64 Å². The Morgan fingerprint density at radius 3 is 2.54 bits per heavy atom. The number of anilines is 1. The number of hydrogen-bond acceptors (Lipinski definition) is 3. The molecule has 0 fully saturated rings. The molecule has 6 rings (SSSR count). The van der Waals surface area contributed by atoms with E-state index in [0.29, 0.717) is 0 Å². The standard InChI is InChI=1S/C32H34N2O/c1-5-6-7-10-19-34-27-17-14-23-11-8-9-12-25(23)29(27)31(3,4)32(34)21-33-30-26-16-13-22(2)20-24(26)15-18-28(30)35-32/h8-9,11-18,20-21H,5-7,10,19H2,1-4H3. The van der Waals surface area contributed by atoms with Crippen molar-refractivity contribution in [2.45, 2.75) is 64.5 Å². The first kappa shape index (κ1) is 22.2. The summed E-state index contributed by atoms with van der Waals surface area (Å²) in [6, 6.07) is 24.1. The lowest BCUT2D eigenvalue weighted by Crippen LogP contribution is -2.62. The first-order valence-electron chi connectivity index (χ1n) is 13.0. The maximum absolute atomic E-state index is 7.11. The van der Waals surface area contributed by atoms with Crippen LogP contribution in [0.5, 0.6) is 5.75 Å². The lowest BCUT2D eigenvalue weighted by molar-refractivity contribution is 0.0779. The fourth-order valence-corrected chi connectivity index (χ4v) is 6.21. The second kappa shape index (κ2) is 8.12. The van der Waals surface area contributed by atoms with Crippen molar-refractivity contribution < 1.29 is 4.74 Å². The van der Waals surface area contributed by atoms with Crippen molar-refractivity contribution >= 4 is 39.1 Å². The smallest absolute Gasteiger partial charge is 0.228 e.